The summed E-state index contributed by atoms with van der Waals surface area (Å²) in [6.07, 6.45) is -0.863. The number of hydrogen-bond acceptors (Lipinski definition) is 8. The largest absolute Gasteiger partial charge is 0.466 e. The number of nitrogens with one attached hydrogen (secondary N) is 3. The maximum atomic E-state index is 12.8. The molecule has 0 heterocycles. The molecule has 0 radical (unpaired) electrons. The van der Waals surface area contributed by atoms with Gasteiger partial charge in [0.05, 0.1) is 13.2 Å². The molecule has 0 aromatic rings. The lowest BCUT2D eigenvalue weighted by atomic mass is 10.0. The Morgan fingerprint density at radius 1 is 0.906 bits per heavy atom. The number of alkyl carbamates (subject to hydrolysis) is 1. The minimum atomic E-state index is -1.08. The van der Waals surface area contributed by atoms with Crippen LogP contribution in [0, 0.1) is 5.92 Å². The predicted octanol–water partition coefficient (Wildman–Crippen LogP) is 1.04. The first-order valence-electron chi connectivity index (χ1n) is 10.7. The SMILES string of the molecule is CCOC(=O)CCC(NC(=O)C(NC(=O)CNC(=O)OC(C)(C)C)C(C)C)C(=O)OCC. The summed E-state index contributed by atoms with van der Waals surface area (Å²) in [5.41, 5.74) is -0.716. The molecule has 11 heteroatoms. The molecule has 0 saturated carbocycles. The Hall–Kier alpha value is -2.85. The van der Waals surface area contributed by atoms with E-state index in [4.69, 9.17) is 14.2 Å². The van der Waals surface area contributed by atoms with Crippen molar-refractivity contribution in [3.8, 4) is 0 Å². The molecule has 0 aromatic heterocycles. The topological polar surface area (TPSA) is 149 Å². The molecule has 0 rings (SSSR count). The molecule has 0 aliphatic carbocycles. The summed E-state index contributed by atoms with van der Waals surface area (Å²) in [4.78, 5) is 60.5. The summed E-state index contributed by atoms with van der Waals surface area (Å²) >= 11 is 0. The summed E-state index contributed by atoms with van der Waals surface area (Å²) in [5.74, 6) is -2.74. The molecule has 32 heavy (non-hydrogen) atoms. The average molecular weight is 460 g/mol. The smallest absolute Gasteiger partial charge is 0.408 e. The van der Waals surface area contributed by atoms with Gasteiger partial charge < -0.3 is 30.2 Å². The molecule has 184 valence electrons. The Bertz CT molecular complexity index is 658. The van der Waals surface area contributed by atoms with Crippen molar-refractivity contribution in [2.75, 3.05) is 19.8 Å². The second kappa shape index (κ2) is 14.3. The molecule has 2 atom stereocenters. The first kappa shape index (κ1) is 29.1. The minimum absolute atomic E-state index is 0.0115. The van der Waals surface area contributed by atoms with Gasteiger partial charge in [-0.2, -0.15) is 0 Å². The van der Waals surface area contributed by atoms with Crippen molar-refractivity contribution in [1.82, 2.24) is 16.0 Å². The van der Waals surface area contributed by atoms with E-state index in [1.54, 1.807) is 48.5 Å². The maximum absolute atomic E-state index is 12.8. The van der Waals surface area contributed by atoms with Crippen LogP contribution in [0.5, 0.6) is 0 Å². The number of rotatable bonds is 12. The zero-order valence-electron chi connectivity index (χ0n) is 20.0. The lowest BCUT2D eigenvalue weighted by Crippen LogP contribution is -2.55. The molecule has 0 aliphatic rings. The van der Waals surface area contributed by atoms with E-state index in [0.29, 0.717) is 0 Å². The van der Waals surface area contributed by atoms with Gasteiger partial charge in [0.1, 0.15) is 24.2 Å². The highest BCUT2D eigenvalue weighted by atomic mass is 16.6. The lowest BCUT2D eigenvalue weighted by molar-refractivity contribution is -0.149. The summed E-state index contributed by atoms with van der Waals surface area (Å²) in [5, 5.41) is 7.38. The Morgan fingerprint density at radius 2 is 1.50 bits per heavy atom. The van der Waals surface area contributed by atoms with Crippen LogP contribution in [0.15, 0.2) is 0 Å². The Balaban J connectivity index is 5.02. The maximum Gasteiger partial charge on any atom is 0.408 e. The van der Waals surface area contributed by atoms with Crippen LogP contribution in [-0.2, 0) is 33.4 Å². The van der Waals surface area contributed by atoms with Gasteiger partial charge in [0.2, 0.25) is 11.8 Å². The van der Waals surface area contributed by atoms with Gasteiger partial charge in [-0.05, 0) is 47.0 Å². The van der Waals surface area contributed by atoms with Gasteiger partial charge in [-0.3, -0.25) is 14.4 Å². The molecular weight excluding hydrogens is 422 g/mol. The van der Waals surface area contributed by atoms with Crippen molar-refractivity contribution < 1.29 is 38.2 Å². The third kappa shape index (κ3) is 12.8. The van der Waals surface area contributed by atoms with E-state index in [2.05, 4.69) is 16.0 Å². The van der Waals surface area contributed by atoms with Gasteiger partial charge in [-0.1, -0.05) is 13.8 Å². The van der Waals surface area contributed by atoms with Gasteiger partial charge in [-0.15, -0.1) is 0 Å². The normalized spacial score (nSPS) is 12.9. The number of esters is 2. The van der Waals surface area contributed by atoms with Crippen LogP contribution < -0.4 is 16.0 Å². The Labute approximate surface area is 189 Å². The molecule has 0 spiro atoms. The van der Waals surface area contributed by atoms with Crippen molar-refractivity contribution >= 4 is 29.8 Å². The van der Waals surface area contributed by atoms with Crippen molar-refractivity contribution in [3.05, 3.63) is 0 Å². The highest BCUT2D eigenvalue weighted by Crippen LogP contribution is 2.08. The summed E-state index contributed by atoms with van der Waals surface area (Å²) in [6, 6.07) is -2.06. The standard InChI is InChI=1S/C21H37N3O8/c1-8-30-16(26)11-10-14(19(28)31-9-2)23-18(27)17(13(3)4)24-15(25)12-22-20(29)32-21(5,6)7/h13-14,17H,8-12H2,1-7H3,(H,22,29)(H,23,27)(H,24,25). The first-order chi connectivity index (χ1) is 14.8. The van der Waals surface area contributed by atoms with Crippen molar-refractivity contribution in [2.45, 2.75) is 79.0 Å². The lowest BCUT2D eigenvalue weighted by Gasteiger charge is -2.25. The van der Waals surface area contributed by atoms with E-state index < -0.39 is 54.1 Å². The third-order valence-corrected chi connectivity index (χ3v) is 3.89. The number of amides is 3. The van der Waals surface area contributed by atoms with Gasteiger partial charge in [0, 0.05) is 6.42 Å². The fourth-order valence-corrected chi connectivity index (χ4v) is 2.47. The average Bonchev–Trinajstić information content (AvgIpc) is 2.66. The van der Waals surface area contributed by atoms with E-state index in [0.717, 1.165) is 0 Å². The van der Waals surface area contributed by atoms with Crippen LogP contribution in [0.25, 0.3) is 0 Å². The van der Waals surface area contributed by atoms with Crippen molar-refractivity contribution in [2.24, 2.45) is 5.92 Å². The van der Waals surface area contributed by atoms with Crippen LogP contribution in [0.1, 0.15) is 61.3 Å². The van der Waals surface area contributed by atoms with Crippen molar-refractivity contribution in [1.29, 1.82) is 0 Å². The number of hydrogen-bond donors (Lipinski definition) is 3. The van der Waals surface area contributed by atoms with E-state index >= 15 is 0 Å². The first-order valence-corrected chi connectivity index (χ1v) is 10.7. The number of carbonyl (C=O) groups is 5. The molecule has 0 saturated heterocycles. The number of ether oxygens (including phenoxy) is 3. The van der Waals surface area contributed by atoms with Gasteiger partial charge in [0.15, 0.2) is 0 Å². The molecular formula is C21H37N3O8. The second-order valence-corrected chi connectivity index (χ2v) is 8.30. The predicted molar refractivity (Wildman–Crippen MR) is 115 cm³/mol. The zero-order valence-corrected chi connectivity index (χ0v) is 20.0. The molecule has 3 N–H and O–H groups in total. The quantitative estimate of drug-likeness (QED) is 0.289. The van der Waals surface area contributed by atoms with Crippen LogP contribution in [-0.4, -0.2) is 67.3 Å². The third-order valence-electron chi connectivity index (χ3n) is 3.89. The van der Waals surface area contributed by atoms with Gasteiger partial charge in [-0.25, -0.2) is 9.59 Å². The molecule has 0 aliphatic heterocycles. The minimum Gasteiger partial charge on any atom is -0.466 e. The van der Waals surface area contributed by atoms with Crippen molar-refractivity contribution in [3.63, 3.8) is 0 Å². The number of carbonyl (C=O) groups excluding carboxylic acids is 5. The van der Waals surface area contributed by atoms with E-state index in [-0.39, 0.29) is 32.0 Å². The Kier molecular flexibility index (Phi) is 13.0. The second-order valence-electron chi connectivity index (χ2n) is 8.30. The molecule has 2 unspecified atom stereocenters. The highest BCUT2D eigenvalue weighted by molar-refractivity contribution is 5.92. The fraction of sp³-hybridized carbons (Fsp3) is 0.762. The van der Waals surface area contributed by atoms with Crippen LogP contribution >= 0.6 is 0 Å². The van der Waals surface area contributed by atoms with E-state index in [1.165, 1.54) is 0 Å². The summed E-state index contributed by atoms with van der Waals surface area (Å²) < 4.78 is 14.9. The molecule has 0 fully saturated rings. The van der Waals surface area contributed by atoms with Crippen LogP contribution in [0.4, 0.5) is 4.79 Å². The zero-order chi connectivity index (χ0) is 24.9. The highest BCUT2D eigenvalue weighted by Gasteiger charge is 2.30. The summed E-state index contributed by atoms with van der Waals surface area (Å²) in [6.45, 7) is 11.7. The van der Waals surface area contributed by atoms with E-state index in [9.17, 15) is 24.0 Å². The van der Waals surface area contributed by atoms with Gasteiger partial charge >= 0.3 is 18.0 Å². The fourth-order valence-electron chi connectivity index (χ4n) is 2.47. The van der Waals surface area contributed by atoms with Crippen LogP contribution in [0.2, 0.25) is 0 Å². The molecule has 3 amide bonds. The van der Waals surface area contributed by atoms with E-state index in [1.807, 2.05) is 0 Å². The molecule has 0 aromatic carbocycles. The molecule has 11 nitrogen and oxygen atoms in total. The Morgan fingerprint density at radius 3 is 2.00 bits per heavy atom. The monoisotopic (exact) mass is 459 g/mol. The summed E-state index contributed by atoms with van der Waals surface area (Å²) in [7, 11) is 0. The van der Waals surface area contributed by atoms with Gasteiger partial charge in [0.25, 0.3) is 0 Å². The molecule has 0 bridgehead atoms. The van der Waals surface area contributed by atoms with Crippen LogP contribution in [0.3, 0.4) is 0 Å².